The predicted molar refractivity (Wildman–Crippen MR) is 112 cm³/mol. The number of aliphatic hydroxyl groups is 1. The van der Waals surface area contributed by atoms with Gasteiger partial charge in [0.05, 0.1) is 25.5 Å². The van der Waals surface area contributed by atoms with E-state index in [0.717, 1.165) is 33.7 Å². The molecule has 0 aliphatic heterocycles. The number of fused-ring (bicyclic) bond motifs is 1. The van der Waals surface area contributed by atoms with Crippen LogP contribution in [0, 0.1) is 13.8 Å². The van der Waals surface area contributed by atoms with Crippen LogP contribution in [0.3, 0.4) is 0 Å². The average Bonchev–Trinajstić information content (AvgIpc) is 3.17. The van der Waals surface area contributed by atoms with Crippen molar-refractivity contribution in [2.45, 2.75) is 26.5 Å². The lowest BCUT2D eigenvalue weighted by Gasteiger charge is -2.13. The fourth-order valence-electron chi connectivity index (χ4n) is 3.43. The molecular weight excluding hydrogens is 366 g/mol. The summed E-state index contributed by atoms with van der Waals surface area (Å²) in [5.41, 5.74) is 5.03. The second kappa shape index (κ2) is 7.56. The van der Waals surface area contributed by atoms with Crippen molar-refractivity contribution < 1.29 is 9.84 Å². The molecule has 1 atom stereocenters. The van der Waals surface area contributed by atoms with Gasteiger partial charge in [-0.05, 0) is 49.2 Å². The summed E-state index contributed by atoms with van der Waals surface area (Å²) >= 11 is 0. The van der Waals surface area contributed by atoms with Crippen molar-refractivity contribution in [2.24, 2.45) is 0 Å². The van der Waals surface area contributed by atoms with E-state index in [1.54, 1.807) is 54.4 Å². The van der Waals surface area contributed by atoms with Crippen molar-refractivity contribution in [3.63, 3.8) is 0 Å². The van der Waals surface area contributed by atoms with Gasteiger partial charge < -0.3 is 14.4 Å². The molecular formula is C23H23N3O3. The largest absolute Gasteiger partial charge is 0.497 e. The highest BCUT2D eigenvalue weighted by Gasteiger charge is 2.14. The Bertz CT molecular complexity index is 1220. The van der Waals surface area contributed by atoms with Gasteiger partial charge in [0.15, 0.2) is 0 Å². The second-order valence-electron chi connectivity index (χ2n) is 7.22. The quantitative estimate of drug-likeness (QED) is 0.567. The van der Waals surface area contributed by atoms with Crippen LogP contribution in [0.1, 0.15) is 22.8 Å². The van der Waals surface area contributed by atoms with Gasteiger partial charge in [0.1, 0.15) is 11.3 Å². The van der Waals surface area contributed by atoms with Crippen LogP contribution in [0.5, 0.6) is 5.75 Å². The molecule has 0 radical (unpaired) electrons. The highest BCUT2D eigenvalue weighted by molar-refractivity contribution is 5.69. The maximum Gasteiger partial charge on any atom is 0.276 e. The first-order valence-corrected chi connectivity index (χ1v) is 9.45. The number of hydrogen-bond acceptors (Lipinski definition) is 4. The van der Waals surface area contributed by atoms with Crippen LogP contribution in [-0.4, -0.2) is 26.4 Å². The van der Waals surface area contributed by atoms with E-state index in [1.807, 2.05) is 13.8 Å². The van der Waals surface area contributed by atoms with E-state index < -0.39 is 6.10 Å². The van der Waals surface area contributed by atoms with Gasteiger partial charge in [0, 0.05) is 18.0 Å². The van der Waals surface area contributed by atoms with Crippen molar-refractivity contribution in [1.29, 1.82) is 0 Å². The minimum absolute atomic E-state index is 0.158. The molecule has 4 rings (SSSR count). The summed E-state index contributed by atoms with van der Waals surface area (Å²) in [6.45, 7) is 4.22. The van der Waals surface area contributed by atoms with Crippen LogP contribution in [0.2, 0.25) is 0 Å². The van der Waals surface area contributed by atoms with Crippen molar-refractivity contribution in [3.8, 4) is 17.0 Å². The molecule has 0 spiro atoms. The Morgan fingerprint density at radius 2 is 1.83 bits per heavy atom. The molecule has 4 aromatic rings. The van der Waals surface area contributed by atoms with Crippen molar-refractivity contribution in [2.75, 3.05) is 7.11 Å². The molecule has 2 aromatic heterocycles. The highest BCUT2D eigenvalue weighted by Crippen LogP contribution is 2.24. The van der Waals surface area contributed by atoms with Gasteiger partial charge in [0.2, 0.25) is 0 Å². The van der Waals surface area contributed by atoms with Crippen LogP contribution in [0.15, 0.2) is 65.7 Å². The lowest BCUT2D eigenvalue weighted by molar-refractivity contribution is 0.155. The molecule has 0 saturated carbocycles. The van der Waals surface area contributed by atoms with E-state index in [-0.39, 0.29) is 12.1 Å². The molecule has 6 heteroatoms. The molecule has 0 aliphatic rings. The van der Waals surface area contributed by atoms with Crippen LogP contribution in [-0.2, 0) is 6.54 Å². The Kier molecular flexibility index (Phi) is 4.94. The highest BCUT2D eigenvalue weighted by atomic mass is 16.5. The molecule has 2 aromatic carbocycles. The van der Waals surface area contributed by atoms with Gasteiger partial charge in [-0.2, -0.15) is 5.10 Å². The normalized spacial score (nSPS) is 12.3. The fraction of sp³-hybridized carbons (Fsp3) is 0.217. The number of methoxy groups -OCH3 is 1. The van der Waals surface area contributed by atoms with E-state index in [0.29, 0.717) is 5.52 Å². The van der Waals surface area contributed by atoms with Gasteiger partial charge in [-0.1, -0.05) is 29.8 Å². The van der Waals surface area contributed by atoms with Crippen LogP contribution < -0.4 is 10.3 Å². The third-order valence-corrected chi connectivity index (χ3v) is 5.14. The maximum atomic E-state index is 13.0. The summed E-state index contributed by atoms with van der Waals surface area (Å²) < 4.78 is 8.25. The van der Waals surface area contributed by atoms with E-state index in [9.17, 15) is 9.90 Å². The molecule has 0 unspecified atom stereocenters. The van der Waals surface area contributed by atoms with Crippen LogP contribution in [0.25, 0.3) is 16.8 Å². The fourth-order valence-corrected chi connectivity index (χ4v) is 3.43. The zero-order valence-electron chi connectivity index (χ0n) is 16.7. The lowest BCUT2D eigenvalue weighted by atomic mass is 10.0. The van der Waals surface area contributed by atoms with Crippen LogP contribution >= 0.6 is 0 Å². The predicted octanol–water partition coefficient (Wildman–Crippen LogP) is 3.52. The Labute approximate surface area is 168 Å². The van der Waals surface area contributed by atoms with E-state index in [2.05, 4.69) is 23.3 Å². The summed E-state index contributed by atoms with van der Waals surface area (Å²) in [6, 6.07) is 15.2. The summed E-state index contributed by atoms with van der Waals surface area (Å²) in [5, 5.41) is 15.1. The van der Waals surface area contributed by atoms with Crippen molar-refractivity contribution in [3.05, 3.63) is 88.0 Å². The van der Waals surface area contributed by atoms with Gasteiger partial charge in [0.25, 0.3) is 5.56 Å². The summed E-state index contributed by atoms with van der Waals surface area (Å²) in [6.07, 6.45) is 2.59. The Balaban J connectivity index is 1.67. The summed E-state index contributed by atoms with van der Waals surface area (Å²) in [7, 11) is 1.60. The second-order valence-corrected chi connectivity index (χ2v) is 7.22. The van der Waals surface area contributed by atoms with Crippen molar-refractivity contribution >= 4 is 5.52 Å². The third kappa shape index (κ3) is 3.67. The first-order valence-electron chi connectivity index (χ1n) is 9.45. The van der Waals surface area contributed by atoms with Crippen molar-refractivity contribution in [1.82, 2.24) is 14.2 Å². The first-order chi connectivity index (χ1) is 14.0. The number of benzene rings is 2. The number of aryl methyl sites for hydroxylation is 2. The molecule has 148 valence electrons. The summed E-state index contributed by atoms with van der Waals surface area (Å²) in [5.74, 6) is 0.720. The van der Waals surface area contributed by atoms with Gasteiger partial charge in [-0.25, -0.2) is 4.52 Å². The standard InChI is InChI=1S/C23H23N3O3/c1-15-4-5-16(2)19(12-15)20-13-21-23(28)25(10-11-26(21)24-20)14-22(27)17-6-8-18(29-3)9-7-17/h4-13,22,27H,14H2,1-3H3/t22-/m1/s1. The number of aromatic nitrogens is 3. The summed E-state index contributed by atoms with van der Waals surface area (Å²) in [4.78, 5) is 13.0. The van der Waals surface area contributed by atoms with Crippen LogP contribution in [0.4, 0.5) is 0 Å². The average molecular weight is 389 g/mol. The molecule has 29 heavy (non-hydrogen) atoms. The number of nitrogens with zero attached hydrogens (tertiary/aromatic N) is 3. The zero-order valence-corrected chi connectivity index (χ0v) is 16.7. The molecule has 0 fully saturated rings. The molecule has 1 N–H and O–H groups in total. The first kappa shape index (κ1) is 19.0. The van der Waals surface area contributed by atoms with E-state index in [4.69, 9.17) is 4.74 Å². The number of aliphatic hydroxyl groups excluding tert-OH is 1. The maximum absolute atomic E-state index is 13.0. The number of ether oxygens (including phenoxy) is 1. The van der Waals surface area contributed by atoms with E-state index >= 15 is 0 Å². The molecule has 2 heterocycles. The minimum atomic E-state index is -0.803. The lowest BCUT2D eigenvalue weighted by Crippen LogP contribution is -2.24. The third-order valence-electron chi connectivity index (χ3n) is 5.14. The Morgan fingerprint density at radius 3 is 2.55 bits per heavy atom. The van der Waals surface area contributed by atoms with Gasteiger partial charge >= 0.3 is 0 Å². The molecule has 6 nitrogen and oxygen atoms in total. The smallest absolute Gasteiger partial charge is 0.276 e. The number of hydrogen-bond donors (Lipinski definition) is 1. The molecule has 0 bridgehead atoms. The zero-order chi connectivity index (χ0) is 20.5. The Hall–Kier alpha value is -3.38. The Morgan fingerprint density at radius 1 is 1.07 bits per heavy atom. The molecule has 0 amide bonds. The van der Waals surface area contributed by atoms with Gasteiger partial charge in [-0.15, -0.1) is 0 Å². The molecule has 0 saturated heterocycles. The number of rotatable bonds is 5. The topological polar surface area (TPSA) is 68.8 Å². The van der Waals surface area contributed by atoms with Gasteiger partial charge in [-0.3, -0.25) is 4.79 Å². The monoisotopic (exact) mass is 389 g/mol. The minimum Gasteiger partial charge on any atom is -0.497 e. The molecule has 0 aliphatic carbocycles. The SMILES string of the molecule is COc1ccc([C@H](O)Cn2ccn3nc(-c4cc(C)ccc4C)cc3c2=O)cc1. The van der Waals surface area contributed by atoms with E-state index in [1.165, 1.54) is 4.57 Å².